The zero-order valence-corrected chi connectivity index (χ0v) is 30.5. The van der Waals surface area contributed by atoms with E-state index in [9.17, 15) is 13.8 Å². The number of anilines is 1. The summed E-state index contributed by atoms with van der Waals surface area (Å²) in [5, 5.41) is 0.732. The molecule has 10 nitrogen and oxygen atoms in total. The third-order valence-electron chi connectivity index (χ3n) is 10.4. The van der Waals surface area contributed by atoms with E-state index >= 15 is 0 Å². The Labute approximate surface area is 300 Å². The van der Waals surface area contributed by atoms with Gasteiger partial charge in [0.2, 0.25) is 5.91 Å². The molecule has 1 aliphatic carbocycles. The second-order valence-electron chi connectivity index (χ2n) is 13.7. The third kappa shape index (κ3) is 8.05. The molecule has 0 saturated heterocycles. The van der Waals surface area contributed by atoms with E-state index in [2.05, 4.69) is 56.0 Å². The number of hydrogen-bond donors (Lipinski definition) is 1. The fourth-order valence-electron chi connectivity index (χ4n) is 7.65. The molecule has 0 fully saturated rings. The average molecular weight is 720 g/mol. The highest BCUT2D eigenvalue weighted by Crippen LogP contribution is 2.45. The molecule has 1 aromatic heterocycles. The number of fused-ring (bicyclic) bond motifs is 3. The van der Waals surface area contributed by atoms with E-state index in [0.717, 1.165) is 42.9 Å². The number of carbonyl (C=O) groups excluding carboxylic acids is 2. The van der Waals surface area contributed by atoms with E-state index in [-0.39, 0.29) is 46.9 Å². The maximum absolute atomic E-state index is 14.2. The number of amides is 2. The number of halogens is 1. The number of nitrogens with zero attached hydrogens (tertiary/aromatic N) is 4. The first-order valence-electron chi connectivity index (χ1n) is 17.5. The van der Waals surface area contributed by atoms with E-state index in [4.69, 9.17) is 21.1 Å². The Kier molecular flexibility index (Phi) is 11.2. The number of aryl methyl sites for hydroxylation is 1. The van der Waals surface area contributed by atoms with Gasteiger partial charge in [0.25, 0.3) is 5.91 Å². The summed E-state index contributed by atoms with van der Waals surface area (Å²) in [5.41, 5.74) is 3.30. The predicted octanol–water partition coefficient (Wildman–Crippen LogP) is 6.51. The summed E-state index contributed by atoms with van der Waals surface area (Å²) in [6.45, 7) is 6.34. The Balaban J connectivity index is 1.41. The Hall–Kier alpha value is -3.80. The van der Waals surface area contributed by atoms with Crippen LogP contribution in [-0.2, 0) is 37.7 Å². The molecule has 2 aliphatic heterocycles. The number of ether oxygens (including phenoxy) is 2. The Bertz CT molecular complexity index is 1860. The van der Waals surface area contributed by atoms with Crippen molar-refractivity contribution < 1.29 is 23.3 Å². The molecule has 2 amide bonds. The average Bonchev–Trinajstić information content (AvgIpc) is 3.25. The van der Waals surface area contributed by atoms with Crippen LogP contribution in [0.15, 0.2) is 71.4 Å². The SMILES string of the molecule is CC[C@H]1CN2C[C@@]3(CCCc4cc(Cl)ccc43)COc3ccc(cc32)C(=O)N=S(=O)(NC(=O)Cc2ncccn2)CCC/C=C/[C@H](OC)[C@@H]1C. The number of nitrogens with one attached hydrogen (secondary N) is 1. The number of aromatic nitrogens is 2. The summed E-state index contributed by atoms with van der Waals surface area (Å²) >= 11 is 6.45. The van der Waals surface area contributed by atoms with Crippen molar-refractivity contribution in [3.63, 3.8) is 0 Å². The van der Waals surface area contributed by atoms with Crippen LogP contribution in [0.2, 0.25) is 5.02 Å². The number of carbonyl (C=O) groups is 2. The lowest BCUT2D eigenvalue weighted by Crippen LogP contribution is -2.47. The minimum Gasteiger partial charge on any atom is -0.490 e. The highest BCUT2D eigenvalue weighted by Gasteiger charge is 2.42. The van der Waals surface area contributed by atoms with Crippen LogP contribution in [0.5, 0.6) is 5.75 Å². The first kappa shape index (κ1) is 36.0. The van der Waals surface area contributed by atoms with Gasteiger partial charge >= 0.3 is 0 Å². The minimum absolute atomic E-state index is 0.00137. The van der Waals surface area contributed by atoms with Gasteiger partial charge in [-0.3, -0.25) is 14.3 Å². The van der Waals surface area contributed by atoms with Crippen LogP contribution in [0.3, 0.4) is 0 Å². The molecule has 266 valence electrons. The van der Waals surface area contributed by atoms with Crippen LogP contribution in [-0.4, -0.2) is 64.7 Å². The molecular formula is C38H46ClN5O5S. The van der Waals surface area contributed by atoms with E-state index in [0.29, 0.717) is 31.7 Å². The second-order valence-corrected chi connectivity index (χ2v) is 16.2. The highest BCUT2D eigenvalue weighted by atomic mass is 35.5. The van der Waals surface area contributed by atoms with Gasteiger partial charge in [-0.15, -0.1) is 4.36 Å². The standard InChI is InChI=1S/C38H46ClN5O5S/c1-4-27-23-44-24-38(16-8-10-28-20-30(39)13-14-31(28)38)25-49-34-15-12-29(21-32(34)44)37(46)43-50(47,19-7-5-6-11-33(48-3)26(27)2)42-36(45)22-35-40-17-9-18-41-35/h6,9,11-15,17-18,20-21,26-27,33H,4-5,7-8,10,16,19,22-25H2,1-3H3,(H,42,43,45,46,47)/b11-6+/t26-,27+,33+,38+,50?/m1/s1. The van der Waals surface area contributed by atoms with Gasteiger partial charge < -0.3 is 14.4 Å². The number of benzene rings is 2. The lowest BCUT2D eigenvalue weighted by molar-refractivity contribution is -0.118. The van der Waals surface area contributed by atoms with Crippen molar-refractivity contribution in [2.24, 2.45) is 16.2 Å². The van der Waals surface area contributed by atoms with E-state index in [1.807, 2.05) is 24.3 Å². The molecule has 1 N–H and O–H groups in total. The van der Waals surface area contributed by atoms with Crippen LogP contribution in [0, 0.1) is 11.8 Å². The highest BCUT2D eigenvalue weighted by molar-refractivity contribution is 7.92. The number of allylic oxidation sites excluding steroid dienone is 1. The minimum atomic E-state index is -3.48. The van der Waals surface area contributed by atoms with Crippen molar-refractivity contribution in [2.75, 3.05) is 37.5 Å². The Morgan fingerprint density at radius 2 is 2.00 bits per heavy atom. The van der Waals surface area contributed by atoms with Crippen molar-refractivity contribution >= 4 is 39.0 Å². The smallest absolute Gasteiger partial charge is 0.286 e. The van der Waals surface area contributed by atoms with Gasteiger partial charge in [0.15, 0.2) is 0 Å². The van der Waals surface area contributed by atoms with Crippen molar-refractivity contribution in [1.82, 2.24) is 14.7 Å². The number of methoxy groups -OCH3 is 1. The van der Waals surface area contributed by atoms with Gasteiger partial charge in [0.1, 0.15) is 21.5 Å². The molecule has 2 bridgehead atoms. The van der Waals surface area contributed by atoms with Crippen LogP contribution in [0.4, 0.5) is 5.69 Å². The van der Waals surface area contributed by atoms with Gasteiger partial charge in [-0.1, -0.05) is 50.1 Å². The van der Waals surface area contributed by atoms with Crippen LogP contribution >= 0.6 is 11.6 Å². The van der Waals surface area contributed by atoms with Crippen LogP contribution in [0.1, 0.15) is 73.3 Å². The van der Waals surface area contributed by atoms with Gasteiger partial charge in [-0.05, 0) is 91.5 Å². The fraction of sp³-hybridized carbons (Fsp3) is 0.474. The Morgan fingerprint density at radius 1 is 1.18 bits per heavy atom. The monoisotopic (exact) mass is 719 g/mol. The number of hydrogen-bond acceptors (Lipinski definition) is 8. The molecule has 3 heterocycles. The first-order valence-corrected chi connectivity index (χ1v) is 19.5. The number of rotatable bonds is 5. The van der Waals surface area contributed by atoms with Gasteiger partial charge in [0, 0.05) is 48.6 Å². The van der Waals surface area contributed by atoms with Gasteiger partial charge in [0.05, 0.1) is 30.6 Å². The Morgan fingerprint density at radius 3 is 2.78 bits per heavy atom. The summed E-state index contributed by atoms with van der Waals surface area (Å²) in [4.78, 5) is 37.5. The molecule has 3 aliphatic rings. The first-order chi connectivity index (χ1) is 24.1. The third-order valence-corrected chi connectivity index (χ3v) is 12.4. The van der Waals surface area contributed by atoms with E-state index in [1.165, 1.54) is 23.5 Å². The molecule has 50 heavy (non-hydrogen) atoms. The molecule has 0 saturated carbocycles. The zero-order valence-electron chi connectivity index (χ0n) is 29.0. The van der Waals surface area contributed by atoms with Crippen molar-refractivity contribution in [3.8, 4) is 5.75 Å². The summed E-state index contributed by atoms with van der Waals surface area (Å²) in [7, 11) is -1.74. The fourth-order valence-corrected chi connectivity index (χ4v) is 9.44. The molecule has 12 heteroatoms. The summed E-state index contributed by atoms with van der Waals surface area (Å²) in [6.07, 6.45) is 11.8. The maximum atomic E-state index is 14.2. The molecule has 3 aromatic rings. The van der Waals surface area contributed by atoms with Crippen molar-refractivity contribution in [1.29, 1.82) is 0 Å². The summed E-state index contributed by atoms with van der Waals surface area (Å²) in [6, 6.07) is 13.1. The van der Waals surface area contributed by atoms with Gasteiger partial charge in [-0.25, -0.2) is 14.2 Å². The molecule has 1 spiro atoms. The molecule has 0 radical (unpaired) electrons. The van der Waals surface area contributed by atoms with Crippen molar-refractivity contribution in [3.05, 3.63) is 94.5 Å². The molecular weight excluding hydrogens is 674 g/mol. The summed E-state index contributed by atoms with van der Waals surface area (Å²) < 4.78 is 33.6. The van der Waals surface area contributed by atoms with E-state index in [1.54, 1.807) is 19.2 Å². The summed E-state index contributed by atoms with van der Waals surface area (Å²) in [5.74, 6) is 0.187. The maximum Gasteiger partial charge on any atom is 0.286 e. The van der Waals surface area contributed by atoms with Crippen LogP contribution < -0.4 is 14.4 Å². The normalized spacial score (nSPS) is 27.7. The molecule has 1 unspecified atom stereocenters. The topological polar surface area (TPSA) is 123 Å². The quantitative estimate of drug-likeness (QED) is 0.296. The largest absolute Gasteiger partial charge is 0.490 e. The van der Waals surface area contributed by atoms with E-state index < -0.39 is 21.7 Å². The lowest BCUT2D eigenvalue weighted by atomic mass is 9.70. The zero-order chi connectivity index (χ0) is 35.3. The molecule has 5 atom stereocenters. The van der Waals surface area contributed by atoms with Crippen molar-refractivity contribution in [2.45, 2.75) is 70.3 Å². The lowest BCUT2D eigenvalue weighted by Gasteiger charge is -2.42. The molecule has 6 rings (SSSR count). The van der Waals surface area contributed by atoms with Gasteiger partial charge in [-0.2, -0.15) is 0 Å². The van der Waals surface area contributed by atoms with Crippen LogP contribution in [0.25, 0.3) is 0 Å². The molecule has 2 aromatic carbocycles. The predicted molar refractivity (Wildman–Crippen MR) is 196 cm³/mol. The second kappa shape index (κ2) is 15.6.